The molecule has 0 unspecified atom stereocenters. The molecule has 0 aliphatic heterocycles. The van der Waals surface area contributed by atoms with Crippen LogP contribution in [0.25, 0.3) is 0 Å². The van der Waals surface area contributed by atoms with Gasteiger partial charge in [-0.15, -0.1) is 0 Å². The maximum atomic E-state index is 12.6. The molecule has 1 aliphatic rings. The van der Waals surface area contributed by atoms with Gasteiger partial charge in [-0.3, -0.25) is 4.79 Å². The number of halogens is 3. The van der Waals surface area contributed by atoms with Gasteiger partial charge < -0.3 is 0 Å². The van der Waals surface area contributed by atoms with E-state index in [1.165, 1.54) is 6.92 Å². The van der Waals surface area contributed by atoms with Gasteiger partial charge in [0, 0.05) is 12.8 Å². The zero-order chi connectivity index (χ0) is 9.41. The molecule has 0 heterocycles. The van der Waals surface area contributed by atoms with Crippen LogP contribution in [-0.2, 0) is 4.79 Å². The number of alkyl halides is 2. The molecule has 0 aromatic rings. The lowest BCUT2D eigenvalue weighted by Crippen LogP contribution is -2.35. The highest BCUT2D eigenvalue weighted by atomic mass is 19.3. The molecule has 0 spiro atoms. The summed E-state index contributed by atoms with van der Waals surface area (Å²) in [5, 5.41) is 0. The predicted octanol–water partition coefficient (Wildman–Crippen LogP) is 2.70. The summed E-state index contributed by atoms with van der Waals surface area (Å²) in [6.07, 6.45) is -0.844. The van der Waals surface area contributed by atoms with Crippen LogP contribution in [0.1, 0.15) is 32.6 Å². The molecule has 0 aromatic carbocycles. The summed E-state index contributed by atoms with van der Waals surface area (Å²) in [5.41, 5.74) is -1.15. The molecular weight excluding hydrogens is 169 g/mol. The average molecular weight is 180 g/mol. The van der Waals surface area contributed by atoms with Crippen molar-refractivity contribution >= 4 is 6.04 Å². The topological polar surface area (TPSA) is 17.1 Å². The van der Waals surface area contributed by atoms with E-state index in [1.54, 1.807) is 0 Å². The second-order valence-electron chi connectivity index (χ2n) is 3.69. The SMILES string of the molecule is CC1(C(=O)F)CCC(F)(F)CC1. The minimum absolute atomic E-state index is 0.0463. The molecule has 1 saturated carbocycles. The van der Waals surface area contributed by atoms with Crippen molar-refractivity contribution in [2.24, 2.45) is 5.41 Å². The Hall–Kier alpha value is -0.540. The third-order valence-electron chi connectivity index (χ3n) is 2.56. The lowest BCUT2D eigenvalue weighted by molar-refractivity contribution is -0.146. The third kappa shape index (κ3) is 1.79. The van der Waals surface area contributed by atoms with E-state index in [4.69, 9.17) is 0 Å². The highest BCUT2D eigenvalue weighted by molar-refractivity contribution is 5.75. The van der Waals surface area contributed by atoms with Crippen molar-refractivity contribution < 1.29 is 18.0 Å². The van der Waals surface area contributed by atoms with Gasteiger partial charge in [-0.1, -0.05) is 0 Å². The number of hydrogen-bond donors (Lipinski definition) is 0. The summed E-state index contributed by atoms with van der Waals surface area (Å²) in [5.74, 6) is -2.70. The Labute approximate surface area is 68.9 Å². The van der Waals surface area contributed by atoms with Crippen LogP contribution < -0.4 is 0 Å². The predicted molar refractivity (Wildman–Crippen MR) is 37.6 cm³/mol. The fourth-order valence-electron chi connectivity index (χ4n) is 1.36. The summed E-state index contributed by atoms with van der Waals surface area (Å²) < 4.78 is 37.5. The Kier molecular flexibility index (Phi) is 2.19. The summed E-state index contributed by atoms with van der Waals surface area (Å²) in [7, 11) is 0. The molecular formula is C8H11F3O. The summed E-state index contributed by atoms with van der Waals surface area (Å²) >= 11 is 0. The Morgan fingerprint density at radius 1 is 1.17 bits per heavy atom. The molecule has 1 rings (SSSR count). The maximum absolute atomic E-state index is 12.6. The molecule has 0 saturated heterocycles. The molecule has 4 heteroatoms. The van der Waals surface area contributed by atoms with Crippen molar-refractivity contribution in [3.8, 4) is 0 Å². The van der Waals surface area contributed by atoms with Gasteiger partial charge >= 0.3 is 6.04 Å². The highest BCUT2D eigenvalue weighted by Gasteiger charge is 2.44. The lowest BCUT2D eigenvalue weighted by atomic mass is 9.75. The quantitative estimate of drug-likeness (QED) is 0.567. The van der Waals surface area contributed by atoms with E-state index in [0.717, 1.165) is 0 Å². The van der Waals surface area contributed by atoms with Gasteiger partial charge in [-0.25, -0.2) is 8.78 Å². The Bertz CT molecular complexity index is 190. The third-order valence-corrected chi connectivity index (χ3v) is 2.56. The number of rotatable bonds is 1. The van der Waals surface area contributed by atoms with E-state index < -0.39 is 17.4 Å². The highest BCUT2D eigenvalue weighted by Crippen LogP contribution is 2.43. The van der Waals surface area contributed by atoms with Gasteiger partial charge in [-0.2, -0.15) is 4.39 Å². The lowest BCUT2D eigenvalue weighted by Gasteiger charge is -2.33. The molecule has 0 N–H and O–H groups in total. The molecule has 0 amide bonds. The number of hydrogen-bond acceptors (Lipinski definition) is 1. The van der Waals surface area contributed by atoms with E-state index in [2.05, 4.69) is 0 Å². The van der Waals surface area contributed by atoms with Crippen molar-refractivity contribution in [2.45, 2.75) is 38.5 Å². The van der Waals surface area contributed by atoms with Crippen LogP contribution in [0.15, 0.2) is 0 Å². The second kappa shape index (κ2) is 2.75. The fourth-order valence-corrected chi connectivity index (χ4v) is 1.36. The largest absolute Gasteiger partial charge is 0.307 e. The van der Waals surface area contributed by atoms with E-state index in [-0.39, 0.29) is 25.7 Å². The monoisotopic (exact) mass is 180 g/mol. The van der Waals surface area contributed by atoms with Crippen LogP contribution in [0.5, 0.6) is 0 Å². The molecule has 0 aromatic heterocycles. The maximum Gasteiger partial charge on any atom is 0.307 e. The Morgan fingerprint density at radius 2 is 1.58 bits per heavy atom. The fraction of sp³-hybridized carbons (Fsp3) is 0.875. The van der Waals surface area contributed by atoms with Crippen LogP contribution in [0.4, 0.5) is 13.2 Å². The minimum Gasteiger partial charge on any atom is -0.261 e. The molecule has 1 nitrogen and oxygen atoms in total. The Balaban J connectivity index is 2.62. The van der Waals surface area contributed by atoms with Crippen LogP contribution in [0.2, 0.25) is 0 Å². The van der Waals surface area contributed by atoms with Crippen molar-refractivity contribution in [1.82, 2.24) is 0 Å². The van der Waals surface area contributed by atoms with E-state index in [9.17, 15) is 18.0 Å². The van der Waals surface area contributed by atoms with Gasteiger partial charge in [0.15, 0.2) is 0 Å². The van der Waals surface area contributed by atoms with Crippen molar-refractivity contribution in [3.05, 3.63) is 0 Å². The van der Waals surface area contributed by atoms with Gasteiger partial charge in [0.2, 0.25) is 5.92 Å². The smallest absolute Gasteiger partial charge is 0.261 e. The van der Waals surface area contributed by atoms with Crippen molar-refractivity contribution in [2.75, 3.05) is 0 Å². The van der Waals surface area contributed by atoms with Crippen LogP contribution >= 0.6 is 0 Å². The summed E-state index contributed by atoms with van der Waals surface area (Å²) in [6, 6.07) is -1.46. The molecule has 12 heavy (non-hydrogen) atoms. The molecule has 0 bridgehead atoms. The molecule has 70 valence electrons. The van der Waals surface area contributed by atoms with Gasteiger partial charge in [0.1, 0.15) is 0 Å². The van der Waals surface area contributed by atoms with Crippen LogP contribution in [0.3, 0.4) is 0 Å². The first kappa shape index (κ1) is 9.55. The summed E-state index contributed by atoms with van der Waals surface area (Å²) in [6.45, 7) is 1.41. The zero-order valence-corrected chi connectivity index (χ0v) is 6.87. The Morgan fingerprint density at radius 3 is 1.92 bits per heavy atom. The number of carbonyl (C=O) groups excluding carboxylic acids is 1. The van der Waals surface area contributed by atoms with Crippen molar-refractivity contribution in [3.63, 3.8) is 0 Å². The average Bonchev–Trinajstić information content (AvgIpc) is 1.96. The van der Waals surface area contributed by atoms with Gasteiger partial charge in [0.25, 0.3) is 0 Å². The zero-order valence-electron chi connectivity index (χ0n) is 6.87. The molecule has 0 atom stereocenters. The first-order valence-corrected chi connectivity index (χ1v) is 3.94. The van der Waals surface area contributed by atoms with Crippen LogP contribution in [0, 0.1) is 5.41 Å². The summed E-state index contributed by atoms with van der Waals surface area (Å²) in [4.78, 5) is 10.4. The first-order chi connectivity index (χ1) is 5.36. The molecule has 1 aliphatic carbocycles. The number of carbonyl (C=O) groups is 1. The standard InChI is InChI=1S/C8H11F3O/c1-7(6(9)12)2-4-8(10,11)5-3-7/h2-5H2,1H3. The van der Waals surface area contributed by atoms with E-state index >= 15 is 0 Å². The second-order valence-corrected chi connectivity index (χ2v) is 3.69. The molecule has 1 fully saturated rings. The van der Waals surface area contributed by atoms with Gasteiger partial charge in [0.05, 0.1) is 5.41 Å². The van der Waals surface area contributed by atoms with E-state index in [1.807, 2.05) is 0 Å². The normalized spacial score (nSPS) is 26.7. The van der Waals surface area contributed by atoms with E-state index in [0.29, 0.717) is 0 Å². The van der Waals surface area contributed by atoms with Crippen molar-refractivity contribution in [1.29, 1.82) is 0 Å². The van der Waals surface area contributed by atoms with Gasteiger partial charge in [-0.05, 0) is 19.8 Å². The minimum atomic E-state index is -2.70. The van der Waals surface area contributed by atoms with Crippen LogP contribution in [-0.4, -0.2) is 12.0 Å². The molecule has 0 radical (unpaired) electrons. The first-order valence-electron chi connectivity index (χ1n) is 3.94.